The second-order valence-corrected chi connectivity index (χ2v) is 5.99. The van der Waals surface area contributed by atoms with Gasteiger partial charge in [0.25, 0.3) is 0 Å². The maximum atomic E-state index is 5.98. The summed E-state index contributed by atoms with van der Waals surface area (Å²) < 4.78 is 11.7. The van der Waals surface area contributed by atoms with E-state index in [1.54, 1.807) is 12.4 Å². The van der Waals surface area contributed by atoms with Gasteiger partial charge in [0.2, 0.25) is 5.88 Å². The van der Waals surface area contributed by atoms with Crippen molar-refractivity contribution in [1.82, 2.24) is 34.9 Å². The van der Waals surface area contributed by atoms with E-state index in [0.717, 1.165) is 22.0 Å². The largest absolute Gasteiger partial charge is 0.435 e. The number of aromatic nitrogens is 7. The van der Waals surface area contributed by atoms with Crippen LogP contribution in [0.25, 0.3) is 21.9 Å². The molecule has 0 aliphatic carbocycles. The average Bonchev–Trinajstić information content (AvgIpc) is 3.14. The molecule has 2 N–H and O–H groups in total. The molecule has 0 bridgehead atoms. The smallest absolute Gasteiger partial charge is 0.327 e. The average molecular weight is 386 g/mol. The number of anilines is 1. The molecule has 10 heteroatoms. The van der Waals surface area contributed by atoms with Crippen LogP contribution in [0, 0.1) is 0 Å². The van der Waals surface area contributed by atoms with Gasteiger partial charge in [0.15, 0.2) is 11.5 Å². The Morgan fingerprint density at radius 1 is 0.862 bits per heavy atom. The van der Waals surface area contributed by atoms with E-state index in [4.69, 9.17) is 9.47 Å². The SMILES string of the molecule is CNc1cccc2c1[nH]c1nc(Oc3cncnc3)nc(Oc3cncnc3)c12. The van der Waals surface area contributed by atoms with Gasteiger partial charge >= 0.3 is 6.01 Å². The van der Waals surface area contributed by atoms with E-state index in [0.29, 0.717) is 23.0 Å². The molecular formula is C19H14N8O2. The Kier molecular flexibility index (Phi) is 4.06. The minimum atomic E-state index is 0.0942. The summed E-state index contributed by atoms with van der Waals surface area (Å²) >= 11 is 0. The first-order chi connectivity index (χ1) is 14.3. The van der Waals surface area contributed by atoms with E-state index in [2.05, 4.69) is 40.2 Å². The fourth-order valence-corrected chi connectivity index (χ4v) is 2.99. The molecule has 0 atom stereocenters. The van der Waals surface area contributed by atoms with Gasteiger partial charge in [-0.3, -0.25) is 0 Å². The third-order valence-electron chi connectivity index (χ3n) is 4.20. The standard InChI is InChI=1S/C19H14N8O2/c1-20-14-4-2-3-13-15-17(25-16(13)14)26-19(29-12-7-23-10-24-8-12)27-18(15)28-11-5-21-9-22-6-11/h2-10,20H,1H3,(H,25,26,27). The van der Waals surface area contributed by atoms with Crippen molar-refractivity contribution in [3.8, 4) is 23.4 Å². The molecule has 5 aromatic rings. The third kappa shape index (κ3) is 3.12. The van der Waals surface area contributed by atoms with Crippen LogP contribution in [0.5, 0.6) is 23.4 Å². The quantitative estimate of drug-likeness (QED) is 0.468. The first-order valence-electron chi connectivity index (χ1n) is 8.68. The summed E-state index contributed by atoms with van der Waals surface area (Å²) in [5.41, 5.74) is 2.37. The topological polar surface area (TPSA) is 124 Å². The molecule has 0 spiro atoms. The van der Waals surface area contributed by atoms with E-state index in [1.807, 2.05) is 25.2 Å². The molecule has 0 saturated carbocycles. The number of aromatic amines is 1. The lowest BCUT2D eigenvalue weighted by molar-refractivity contribution is 0.413. The predicted octanol–water partition coefficient (Wildman–Crippen LogP) is 3.32. The van der Waals surface area contributed by atoms with Gasteiger partial charge < -0.3 is 19.8 Å². The molecule has 0 aliphatic rings. The summed E-state index contributed by atoms with van der Waals surface area (Å²) in [7, 11) is 1.86. The van der Waals surface area contributed by atoms with Crippen LogP contribution in [-0.2, 0) is 0 Å². The molecule has 4 heterocycles. The highest BCUT2D eigenvalue weighted by Crippen LogP contribution is 2.37. The number of benzene rings is 1. The molecule has 0 unspecified atom stereocenters. The van der Waals surface area contributed by atoms with Crippen LogP contribution in [-0.4, -0.2) is 41.9 Å². The summed E-state index contributed by atoms with van der Waals surface area (Å²) in [6.45, 7) is 0. The number of nitrogens with one attached hydrogen (secondary N) is 2. The molecule has 0 fully saturated rings. The second kappa shape index (κ2) is 7.00. The highest BCUT2D eigenvalue weighted by Gasteiger charge is 2.18. The van der Waals surface area contributed by atoms with Crippen molar-refractivity contribution >= 4 is 27.6 Å². The zero-order valence-electron chi connectivity index (χ0n) is 15.2. The van der Waals surface area contributed by atoms with E-state index in [1.165, 1.54) is 25.0 Å². The number of hydrogen-bond donors (Lipinski definition) is 2. The number of para-hydroxylation sites is 1. The van der Waals surface area contributed by atoms with Gasteiger partial charge in [-0.15, -0.1) is 0 Å². The molecule has 0 radical (unpaired) electrons. The molecule has 29 heavy (non-hydrogen) atoms. The Labute approximate surface area is 164 Å². The Morgan fingerprint density at radius 3 is 2.24 bits per heavy atom. The minimum Gasteiger partial charge on any atom is -0.435 e. The van der Waals surface area contributed by atoms with Crippen LogP contribution < -0.4 is 14.8 Å². The van der Waals surface area contributed by atoms with Crippen molar-refractivity contribution in [2.24, 2.45) is 0 Å². The van der Waals surface area contributed by atoms with E-state index in [9.17, 15) is 0 Å². The summed E-state index contributed by atoms with van der Waals surface area (Å²) in [4.78, 5) is 28.1. The van der Waals surface area contributed by atoms with Crippen molar-refractivity contribution in [1.29, 1.82) is 0 Å². The zero-order chi connectivity index (χ0) is 19.6. The Bertz CT molecular complexity index is 1290. The number of fused-ring (bicyclic) bond motifs is 3. The number of rotatable bonds is 5. The highest BCUT2D eigenvalue weighted by molar-refractivity contribution is 6.12. The molecule has 1 aromatic carbocycles. The molecule has 4 aromatic heterocycles. The Balaban J connectivity index is 1.71. The third-order valence-corrected chi connectivity index (χ3v) is 4.20. The molecular weight excluding hydrogens is 372 g/mol. The number of ether oxygens (including phenoxy) is 2. The molecule has 10 nitrogen and oxygen atoms in total. The number of nitrogens with zero attached hydrogens (tertiary/aromatic N) is 6. The van der Waals surface area contributed by atoms with Gasteiger partial charge in [-0.1, -0.05) is 12.1 Å². The molecule has 0 aliphatic heterocycles. The Hall–Kier alpha value is -4.34. The van der Waals surface area contributed by atoms with Crippen LogP contribution in [0.15, 0.2) is 55.6 Å². The number of H-pyrrole nitrogens is 1. The van der Waals surface area contributed by atoms with Gasteiger partial charge in [0, 0.05) is 12.4 Å². The highest BCUT2D eigenvalue weighted by atomic mass is 16.5. The first kappa shape index (κ1) is 16.8. The van der Waals surface area contributed by atoms with Crippen LogP contribution in [0.3, 0.4) is 0 Å². The normalized spacial score (nSPS) is 10.9. The summed E-state index contributed by atoms with van der Waals surface area (Å²) in [6, 6.07) is 5.98. The minimum absolute atomic E-state index is 0.0942. The van der Waals surface area contributed by atoms with Gasteiger partial charge in [-0.25, -0.2) is 19.9 Å². The van der Waals surface area contributed by atoms with Gasteiger partial charge in [0.05, 0.1) is 41.4 Å². The maximum absolute atomic E-state index is 5.98. The van der Waals surface area contributed by atoms with Crippen LogP contribution in [0.2, 0.25) is 0 Å². The molecule has 142 valence electrons. The van der Waals surface area contributed by atoms with Crippen molar-refractivity contribution in [3.05, 3.63) is 55.6 Å². The lowest BCUT2D eigenvalue weighted by Crippen LogP contribution is -1.97. The second-order valence-electron chi connectivity index (χ2n) is 5.99. The fourth-order valence-electron chi connectivity index (χ4n) is 2.99. The monoisotopic (exact) mass is 386 g/mol. The Morgan fingerprint density at radius 2 is 1.55 bits per heavy atom. The fraction of sp³-hybridized carbons (Fsp3) is 0.0526. The van der Waals surface area contributed by atoms with Crippen molar-refractivity contribution in [2.75, 3.05) is 12.4 Å². The maximum Gasteiger partial charge on any atom is 0.327 e. The van der Waals surface area contributed by atoms with E-state index >= 15 is 0 Å². The summed E-state index contributed by atoms with van der Waals surface area (Å²) in [5.74, 6) is 1.17. The van der Waals surface area contributed by atoms with Crippen LogP contribution >= 0.6 is 0 Å². The molecule has 0 saturated heterocycles. The van der Waals surface area contributed by atoms with Gasteiger partial charge in [0.1, 0.15) is 18.3 Å². The lowest BCUT2D eigenvalue weighted by Gasteiger charge is -2.08. The first-order valence-corrected chi connectivity index (χ1v) is 8.68. The van der Waals surface area contributed by atoms with Crippen LogP contribution in [0.1, 0.15) is 0 Å². The summed E-state index contributed by atoms with van der Waals surface area (Å²) in [6.07, 6.45) is 9.00. The van der Waals surface area contributed by atoms with E-state index in [-0.39, 0.29) is 6.01 Å². The van der Waals surface area contributed by atoms with Gasteiger partial charge in [-0.05, 0) is 6.07 Å². The van der Waals surface area contributed by atoms with Crippen molar-refractivity contribution < 1.29 is 9.47 Å². The number of hydrogen-bond acceptors (Lipinski definition) is 9. The summed E-state index contributed by atoms with van der Waals surface area (Å²) in [5, 5.41) is 4.80. The predicted molar refractivity (Wildman–Crippen MR) is 105 cm³/mol. The van der Waals surface area contributed by atoms with Crippen molar-refractivity contribution in [2.45, 2.75) is 0 Å². The van der Waals surface area contributed by atoms with E-state index < -0.39 is 0 Å². The lowest BCUT2D eigenvalue weighted by atomic mass is 10.2. The van der Waals surface area contributed by atoms with Crippen molar-refractivity contribution in [3.63, 3.8) is 0 Å². The molecule has 5 rings (SSSR count). The van der Waals surface area contributed by atoms with Crippen LogP contribution in [0.4, 0.5) is 5.69 Å². The van der Waals surface area contributed by atoms with Gasteiger partial charge in [-0.2, -0.15) is 9.97 Å². The molecule has 0 amide bonds. The zero-order valence-corrected chi connectivity index (χ0v) is 15.2.